The number of hydrogen-bond donors (Lipinski definition) is 5. The minimum absolute atomic E-state index is 0.0486. The Hall–Kier alpha value is -0.200. The molecule has 6 N–H and O–H groups in total. The topological polar surface area (TPSA) is 98.7 Å². The zero-order valence-electron chi connectivity index (χ0n) is 8.45. The van der Waals surface area contributed by atoms with Gasteiger partial charge in [-0.05, 0) is 13.8 Å². The third-order valence-corrected chi connectivity index (χ3v) is 0.985. The maximum atomic E-state index is 8.28. The van der Waals surface area contributed by atoms with Crippen LogP contribution in [0.1, 0.15) is 13.8 Å². The highest BCUT2D eigenvalue weighted by Crippen LogP contribution is 1.89. The Morgan fingerprint density at radius 3 is 1.54 bits per heavy atom. The van der Waals surface area contributed by atoms with Crippen LogP contribution >= 0.6 is 0 Å². The first-order chi connectivity index (χ1) is 5.97. The van der Waals surface area contributed by atoms with E-state index < -0.39 is 5.54 Å². The average Bonchev–Trinajstić information content (AvgIpc) is 2.06. The molecule has 0 aromatic rings. The van der Waals surface area contributed by atoms with Gasteiger partial charge < -0.3 is 26.4 Å². The molecule has 5 nitrogen and oxygen atoms in total. The Labute approximate surface area is 79.6 Å². The number of hydrogen-bond acceptors (Lipinski definition) is 5. The molecule has 0 saturated carbocycles. The van der Waals surface area contributed by atoms with E-state index in [1.807, 2.05) is 0 Å². The second kappa shape index (κ2) is 9.88. The van der Waals surface area contributed by atoms with Crippen molar-refractivity contribution in [3.8, 4) is 0 Å². The molecule has 0 spiro atoms. The highest BCUT2D eigenvalue weighted by Gasteiger charge is 2.05. The van der Waals surface area contributed by atoms with Crippen LogP contribution in [0.25, 0.3) is 0 Å². The lowest BCUT2D eigenvalue weighted by Gasteiger charge is -2.12. The summed E-state index contributed by atoms with van der Waals surface area (Å²) < 4.78 is 0. The summed E-state index contributed by atoms with van der Waals surface area (Å²) in [4.78, 5) is 0. The van der Waals surface area contributed by atoms with Gasteiger partial charge in [0.1, 0.15) is 0 Å². The van der Waals surface area contributed by atoms with Crippen LogP contribution in [0.5, 0.6) is 0 Å². The van der Waals surface area contributed by atoms with Crippen LogP contribution in [-0.2, 0) is 0 Å². The predicted octanol–water partition coefficient (Wildman–Crippen LogP) is -1.72. The van der Waals surface area contributed by atoms with Gasteiger partial charge in [-0.2, -0.15) is 0 Å². The minimum atomic E-state index is -0.403. The largest absolute Gasteiger partial charge is 0.395 e. The van der Waals surface area contributed by atoms with Gasteiger partial charge in [-0.15, -0.1) is 0 Å². The van der Waals surface area contributed by atoms with Gasteiger partial charge in [0.05, 0.1) is 19.8 Å². The van der Waals surface area contributed by atoms with Crippen LogP contribution in [0.2, 0.25) is 0 Å². The summed E-state index contributed by atoms with van der Waals surface area (Å²) in [5.74, 6) is 0. The average molecular weight is 194 g/mol. The molecule has 0 rings (SSSR count). The van der Waals surface area contributed by atoms with Gasteiger partial charge in [0.15, 0.2) is 0 Å². The fourth-order valence-electron chi connectivity index (χ4n) is 0.283. The number of aliphatic hydroxyl groups excluding tert-OH is 3. The molecule has 0 unspecified atom stereocenters. The lowest BCUT2D eigenvalue weighted by atomic mass is 10.1. The summed E-state index contributed by atoms with van der Waals surface area (Å²) >= 11 is 0. The first-order valence-corrected chi connectivity index (χ1v) is 4.30. The molecular formula is C8H22N2O3. The minimum Gasteiger partial charge on any atom is -0.395 e. The summed E-state index contributed by atoms with van der Waals surface area (Å²) in [6, 6.07) is 0. The molecule has 0 aliphatic rings. The molecule has 0 aromatic heterocycles. The van der Waals surface area contributed by atoms with E-state index in [-0.39, 0.29) is 19.8 Å². The lowest BCUT2D eigenvalue weighted by molar-refractivity contribution is 0.221. The van der Waals surface area contributed by atoms with Gasteiger partial charge in [0, 0.05) is 18.6 Å². The zero-order chi connectivity index (χ0) is 10.7. The molecule has 13 heavy (non-hydrogen) atoms. The molecule has 0 atom stereocenters. The van der Waals surface area contributed by atoms with Crippen LogP contribution < -0.4 is 11.1 Å². The van der Waals surface area contributed by atoms with E-state index in [2.05, 4.69) is 5.32 Å². The normalized spacial score (nSPS) is 10.6. The van der Waals surface area contributed by atoms with Crippen molar-refractivity contribution in [1.29, 1.82) is 0 Å². The van der Waals surface area contributed by atoms with E-state index in [9.17, 15) is 0 Å². The van der Waals surface area contributed by atoms with Crippen LogP contribution in [0.15, 0.2) is 0 Å². The van der Waals surface area contributed by atoms with Gasteiger partial charge in [-0.3, -0.25) is 0 Å². The van der Waals surface area contributed by atoms with Crippen LogP contribution in [0, 0.1) is 0 Å². The van der Waals surface area contributed by atoms with E-state index in [1.165, 1.54) is 0 Å². The number of nitrogens with two attached hydrogens (primary N) is 1. The first-order valence-electron chi connectivity index (χ1n) is 4.30. The van der Waals surface area contributed by atoms with Gasteiger partial charge in [-0.25, -0.2) is 0 Å². The maximum absolute atomic E-state index is 8.28. The van der Waals surface area contributed by atoms with E-state index in [1.54, 1.807) is 13.8 Å². The Bertz CT molecular complexity index is 89.9. The van der Waals surface area contributed by atoms with Crippen molar-refractivity contribution < 1.29 is 15.3 Å². The third kappa shape index (κ3) is 24.5. The summed E-state index contributed by atoms with van der Waals surface area (Å²) in [6.45, 7) is 5.01. The molecule has 0 bridgehead atoms. The summed E-state index contributed by atoms with van der Waals surface area (Å²) in [5, 5.41) is 27.4. The zero-order valence-corrected chi connectivity index (χ0v) is 8.45. The van der Waals surface area contributed by atoms with E-state index in [4.69, 9.17) is 21.1 Å². The summed E-state index contributed by atoms with van der Waals surface area (Å²) in [7, 11) is 0. The Kier molecular flexibility index (Phi) is 11.6. The van der Waals surface area contributed by atoms with Crippen molar-refractivity contribution >= 4 is 0 Å². The first kappa shape index (κ1) is 15.3. The number of nitrogens with one attached hydrogen (secondary N) is 1. The second-order valence-electron chi connectivity index (χ2n) is 3.34. The van der Waals surface area contributed by atoms with E-state index in [0.717, 1.165) is 0 Å². The SMILES string of the molecule is CC(C)(N)CO.OCCNCCO. The molecule has 0 aliphatic carbocycles. The Morgan fingerprint density at radius 1 is 1.08 bits per heavy atom. The van der Waals surface area contributed by atoms with Crippen LogP contribution in [0.4, 0.5) is 0 Å². The highest BCUT2D eigenvalue weighted by atomic mass is 16.3. The van der Waals surface area contributed by atoms with Crippen molar-refractivity contribution in [2.75, 3.05) is 32.9 Å². The third-order valence-electron chi connectivity index (χ3n) is 0.985. The quantitative estimate of drug-likeness (QED) is 0.335. The molecule has 0 heterocycles. The maximum Gasteiger partial charge on any atom is 0.0605 e. The van der Waals surface area contributed by atoms with E-state index in [0.29, 0.717) is 13.1 Å². The molecule has 0 radical (unpaired) electrons. The van der Waals surface area contributed by atoms with Gasteiger partial charge in [0.2, 0.25) is 0 Å². The molecule has 0 saturated heterocycles. The van der Waals surface area contributed by atoms with Gasteiger partial charge in [-0.1, -0.05) is 0 Å². The Balaban J connectivity index is 0. The molecular weight excluding hydrogens is 172 g/mol. The fourth-order valence-corrected chi connectivity index (χ4v) is 0.283. The predicted molar refractivity (Wildman–Crippen MR) is 52.4 cm³/mol. The molecule has 0 aliphatic heterocycles. The van der Waals surface area contributed by atoms with Crippen molar-refractivity contribution in [1.82, 2.24) is 5.32 Å². The molecule has 0 fully saturated rings. The fraction of sp³-hybridized carbons (Fsp3) is 1.00. The van der Waals surface area contributed by atoms with Crippen LogP contribution in [0.3, 0.4) is 0 Å². The number of aliphatic hydroxyl groups is 3. The highest BCUT2D eigenvalue weighted by molar-refractivity contribution is 4.67. The van der Waals surface area contributed by atoms with Crippen molar-refractivity contribution in [3.63, 3.8) is 0 Å². The van der Waals surface area contributed by atoms with Gasteiger partial charge in [0.25, 0.3) is 0 Å². The summed E-state index contributed by atoms with van der Waals surface area (Å²) in [6.07, 6.45) is 0. The Morgan fingerprint density at radius 2 is 1.38 bits per heavy atom. The van der Waals surface area contributed by atoms with Crippen LogP contribution in [-0.4, -0.2) is 53.8 Å². The van der Waals surface area contributed by atoms with Crippen molar-refractivity contribution in [2.45, 2.75) is 19.4 Å². The van der Waals surface area contributed by atoms with Gasteiger partial charge >= 0.3 is 0 Å². The lowest BCUT2D eigenvalue weighted by Crippen LogP contribution is -2.35. The van der Waals surface area contributed by atoms with Crippen molar-refractivity contribution in [3.05, 3.63) is 0 Å². The summed E-state index contributed by atoms with van der Waals surface area (Å²) in [5.41, 5.74) is 4.88. The number of rotatable bonds is 5. The molecule has 5 heteroatoms. The molecule has 0 amide bonds. The molecule has 0 aromatic carbocycles. The molecule has 82 valence electrons. The second-order valence-corrected chi connectivity index (χ2v) is 3.34. The smallest absolute Gasteiger partial charge is 0.0605 e. The standard InChI is InChI=1S/C4H11NO2.C4H11NO/c6-3-1-5-2-4-7;1-4(2,5)3-6/h5-7H,1-4H2;6H,3,5H2,1-2H3. The van der Waals surface area contributed by atoms with E-state index >= 15 is 0 Å². The monoisotopic (exact) mass is 194 g/mol. The van der Waals surface area contributed by atoms with Crippen molar-refractivity contribution in [2.24, 2.45) is 5.73 Å².